The van der Waals surface area contributed by atoms with Crippen LogP contribution in [0.15, 0.2) is 64.2 Å². The third-order valence-electron chi connectivity index (χ3n) is 6.11. The molecule has 0 saturated heterocycles. The Hall–Kier alpha value is -3.94. The summed E-state index contributed by atoms with van der Waals surface area (Å²) in [4.78, 5) is 45.4. The largest absolute Gasteiger partial charge is 0.330 e. The summed E-state index contributed by atoms with van der Waals surface area (Å²) in [6.07, 6.45) is 2.26. The summed E-state index contributed by atoms with van der Waals surface area (Å²) in [6, 6.07) is 17.6. The van der Waals surface area contributed by atoms with Crippen LogP contribution in [-0.4, -0.2) is 25.0 Å². The molecular formula is C28H33N5O3. The fraction of sp³-hybridized carbons (Fsp3) is 0.357. The highest BCUT2D eigenvalue weighted by Crippen LogP contribution is 2.27. The number of nitrogens with zero attached hydrogens (tertiary/aromatic N) is 3. The molecule has 0 spiro atoms. The molecule has 1 amide bonds. The van der Waals surface area contributed by atoms with Crippen LogP contribution < -0.4 is 16.6 Å². The molecule has 2 N–H and O–H groups in total. The smallest absolute Gasteiger partial charge is 0.326 e. The first-order valence-electron chi connectivity index (χ1n) is 12.6. The molecule has 4 aromatic rings. The Morgan fingerprint density at radius 3 is 2.47 bits per heavy atom. The molecule has 188 valence electrons. The van der Waals surface area contributed by atoms with Gasteiger partial charge in [-0.2, -0.15) is 0 Å². The normalized spacial score (nSPS) is 11.3. The monoisotopic (exact) mass is 487 g/mol. The number of aromatic nitrogens is 4. The van der Waals surface area contributed by atoms with Gasteiger partial charge in [0.25, 0.3) is 5.56 Å². The number of benzene rings is 2. The molecule has 2 aromatic heterocycles. The van der Waals surface area contributed by atoms with Gasteiger partial charge in [-0.25, -0.2) is 9.78 Å². The minimum Gasteiger partial charge on any atom is -0.326 e. The number of rotatable bonds is 10. The van der Waals surface area contributed by atoms with Crippen molar-refractivity contribution in [2.24, 2.45) is 5.92 Å². The van der Waals surface area contributed by atoms with Gasteiger partial charge in [0, 0.05) is 37.2 Å². The maximum atomic E-state index is 13.0. The molecule has 0 fully saturated rings. The molecule has 8 nitrogen and oxygen atoms in total. The molecule has 0 saturated carbocycles. The highest BCUT2D eigenvalue weighted by Gasteiger charge is 2.20. The molecule has 0 radical (unpaired) electrons. The maximum absolute atomic E-state index is 13.0. The van der Waals surface area contributed by atoms with Crippen LogP contribution in [0.3, 0.4) is 0 Å². The average molecular weight is 488 g/mol. The third kappa shape index (κ3) is 5.48. The summed E-state index contributed by atoms with van der Waals surface area (Å²) in [7, 11) is 0. The zero-order chi connectivity index (χ0) is 25.7. The maximum Gasteiger partial charge on any atom is 0.330 e. The van der Waals surface area contributed by atoms with Gasteiger partial charge in [0.2, 0.25) is 5.91 Å². The second-order valence-electron chi connectivity index (χ2n) is 9.43. The van der Waals surface area contributed by atoms with Crippen molar-refractivity contribution in [1.29, 1.82) is 0 Å². The molecule has 0 bridgehead atoms. The molecule has 8 heteroatoms. The SMILES string of the molecule is CCCCn1c(=O)[nH]c(=O)c2c1nc(CCC(=O)Nc1ccccc1-c1ccccc1)n2CC(C)C. The zero-order valence-corrected chi connectivity index (χ0v) is 21.1. The Balaban J connectivity index is 1.62. The van der Waals surface area contributed by atoms with E-state index in [0.29, 0.717) is 36.5 Å². The molecule has 0 aliphatic rings. The summed E-state index contributed by atoms with van der Waals surface area (Å²) >= 11 is 0. The van der Waals surface area contributed by atoms with Gasteiger partial charge < -0.3 is 9.88 Å². The van der Waals surface area contributed by atoms with Crippen molar-refractivity contribution in [1.82, 2.24) is 19.1 Å². The molecule has 36 heavy (non-hydrogen) atoms. The van der Waals surface area contributed by atoms with Crippen LogP contribution in [0.1, 0.15) is 45.9 Å². The number of para-hydroxylation sites is 1. The lowest BCUT2D eigenvalue weighted by Crippen LogP contribution is -2.31. The lowest BCUT2D eigenvalue weighted by Gasteiger charge is -2.13. The van der Waals surface area contributed by atoms with Crippen LogP contribution in [0.25, 0.3) is 22.3 Å². The highest BCUT2D eigenvalue weighted by molar-refractivity contribution is 5.95. The van der Waals surface area contributed by atoms with Gasteiger partial charge in [0.1, 0.15) is 5.82 Å². The summed E-state index contributed by atoms with van der Waals surface area (Å²) in [5.74, 6) is 0.744. The topological polar surface area (TPSA) is 102 Å². The van der Waals surface area contributed by atoms with Crippen molar-refractivity contribution < 1.29 is 4.79 Å². The van der Waals surface area contributed by atoms with E-state index in [1.165, 1.54) is 4.57 Å². The fourth-order valence-corrected chi connectivity index (χ4v) is 4.39. The number of carbonyl (C=O) groups is 1. The zero-order valence-electron chi connectivity index (χ0n) is 21.1. The molecule has 0 unspecified atom stereocenters. The van der Waals surface area contributed by atoms with E-state index in [2.05, 4.69) is 24.1 Å². The van der Waals surface area contributed by atoms with Gasteiger partial charge in [0.05, 0.1) is 0 Å². The summed E-state index contributed by atoms with van der Waals surface area (Å²) in [5.41, 5.74) is 2.61. The van der Waals surface area contributed by atoms with Crippen LogP contribution in [0, 0.1) is 5.92 Å². The number of amides is 1. The number of anilines is 1. The standard InChI is InChI=1S/C28H33N5O3/c1-4-5-17-32-26-25(27(35)31-28(32)36)33(18-19(2)3)23(30-26)15-16-24(34)29-22-14-10-9-13-21(22)20-11-7-6-8-12-20/h6-14,19H,4-5,15-18H2,1-3H3,(H,29,34)(H,31,35,36). The molecular weight excluding hydrogens is 454 g/mol. The average Bonchev–Trinajstić information content (AvgIpc) is 3.21. The van der Waals surface area contributed by atoms with Crippen LogP contribution in [0.4, 0.5) is 5.69 Å². The minimum absolute atomic E-state index is 0.140. The first-order valence-corrected chi connectivity index (χ1v) is 12.6. The van der Waals surface area contributed by atoms with E-state index in [-0.39, 0.29) is 18.2 Å². The summed E-state index contributed by atoms with van der Waals surface area (Å²) in [5, 5.41) is 3.03. The lowest BCUT2D eigenvalue weighted by atomic mass is 10.0. The van der Waals surface area contributed by atoms with Crippen molar-refractivity contribution in [3.8, 4) is 11.1 Å². The number of unbranched alkanes of at least 4 members (excludes halogenated alkanes) is 1. The van der Waals surface area contributed by atoms with E-state index in [1.807, 2.05) is 66.1 Å². The second-order valence-corrected chi connectivity index (χ2v) is 9.43. The summed E-state index contributed by atoms with van der Waals surface area (Å²) in [6.45, 7) is 7.22. The molecule has 0 atom stereocenters. The number of fused-ring (bicyclic) bond motifs is 1. The Morgan fingerprint density at radius 2 is 1.75 bits per heavy atom. The number of H-pyrrole nitrogens is 1. The summed E-state index contributed by atoms with van der Waals surface area (Å²) < 4.78 is 3.41. The molecule has 4 rings (SSSR count). The molecule has 2 heterocycles. The Morgan fingerprint density at radius 1 is 1.03 bits per heavy atom. The number of carbonyl (C=O) groups excluding carboxylic acids is 1. The van der Waals surface area contributed by atoms with E-state index in [9.17, 15) is 14.4 Å². The van der Waals surface area contributed by atoms with Crippen molar-refractivity contribution in [3.05, 3.63) is 81.3 Å². The number of hydrogen-bond acceptors (Lipinski definition) is 4. The first kappa shape index (κ1) is 25.2. The van der Waals surface area contributed by atoms with Crippen LogP contribution in [0.2, 0.25) is 0 Å². The van der Waals surface area contributed by atoms with E-state index in [0.717, 1.165) is 29.7 Å². The van der Waals surface area contributed by atoms with Gasteiger partial charge in [-0.15, -0.1) is 0 Å². The molecule has 0 aliphatic carbocycles. The first-order chi connectivity index (χ1) is 17.4. The van der Waals surface area contributed by atoms with E-state index in [4.69, 9.17) is 4.98 Å². The van der Waals surface area contributed by atoms with Gasteiger partial charge in [-0.1, -0.05) is 75.7 Å². The van der Waals surface area contributed by atoms with Crippen LogP contribution in [0.5, 0.6) is 0 Å². The predicted molar refractivity (Wildman–Crippen MR) is 143 cm³/mol. The lowest BCUT2D eigenvalue weighted by molar-refractivity contribution is -0.116. The highest BCUT2D eigenvalue weighted by atomic mass is 16.2. The quantitative estimate of drug-likeness (QED) is 0.342. The number of aromatic amines is 1. The van der Waals surface area contributed by atoms with Crippen molar-refractivity contribution in [2.45, 2.75) is 59.5 Å². The number of aryl methyl sites for hydroxylation is 2. The number of nitrogens with one attached hydrogen (secondary N) is 2. The fourth-order valence-electron chi connectivity index (χ4n) is 4.39. The van der Waals surface area contributed by atoms with Crippen molar-refractivity contribution in [3.63, 3.8) is 0 Å². The van der Waals surface area contributed by atoms with Gasteiger partial charge in [-0.05, 0) is 24.0 Å². The van der Waals surface area contributed by atoms with E-state index < -0.39 is 11.2 Å². The molecule has 2 aromatic carbocycles. The predicted octanol–water partition coefficient (Wildman–Crippen LogP) is 4.58. The van der Waals surface area contributed by atoms with Crippen LogP contribution in [-0.2, 0) is 24.3 Å². The van der Waals surface area contributed by atoms with Crippen LogP contribution >= 0.6 is 0 Å². The van der Waals surface area contributed by atoms with E-state index in [1.54, 1.807) is 0 Å². The second kappa shape index (κ2) is 11.2. The van der Waals surface area contributed by atoms with Gasteiger partial charge in [0.15, 0.2) is 11.2 Å². The van der Waals surface area contributed by atoms with Crippen molar-refractivity contribution >= 4 is 22.8 Å². The Bertz CT molecular complexity index is 1460. The van der Waals surface area contributed by atoms with Gasteiger partial charge >= 0.3 is 5.69 Å². The van der Waals surface area contributed by atoms with Gasteiger partial charge in [-0.3, -0.25) is 19.1 Å². The van der Waals surface area contributed by atoms with E-state index >= 15 is 0 Å². The molecule has 0 aliphatic heterocycles. The Labute approximate surface area is 210 Å². The number of hydrogen-bond donors (Lipinski definition) is 2. The minimum atomic E-state index is -0.447. The Kier molecular flexibility index (Phi) is 7.83. The van der Waals surface area contributed by atoms with Crippen molar-refractivity contribution in [2.75, 3.05) is 5.32 Å². The number of imidazole rings is 1. The third-order valence-corrected chi connectivity index (χ3v) is 6.11.